The van der Waals surface area contributed by atoms with Gasteiger partial charge in [0.1, 0.15) is 5.82 Å². The Morgan fingerprint density at radius 3 is 2.86 bits per heavy atom. The fraction of sp³-hybridized carbons (Fsp3) is 0.214. The summed E-state index contributed by atoms with van der Waals surface area (Å²) < 4.78 is 18.6. The van der Waals surface area contributed by atoms with Crippen molar-refractivity contribution >= 4 is 29.3 Å². The maximum absolute atomic E-state index is 13.3. The molecule has 0 saturated carbocycles. The molecule has 2 N–H and O–H groups in total. The molecule has 112 valence electrons. The van der Waals surface area contributed by atoms with E-state index in [0.29, 0.717) is 10.7 Å². The van der Waals surface area contributed by atoms with E-state index in [9.17, 15) is 14.3 Å². The van der Waals surface area contributed by atoms with Crippen LogP contribution in [0.4, 0.5) is 4.39 Å². The van der Waals surface area contributed by atoms with E-state index in [1.54, 1.807) is 12.1 Å². The lowest BCUT2D eigenvalue weighted by atomic mass is 10.1. The van der Waals surface area contributed by atoms with Crippen molar-refractivity contribution in [2.45, 2.75) is 11.2 Å². The number of amides is 1. The maximum atomic E-state index is 13.3. The molecular weight excluding hydrogens is 317 g/mol. The average Bonchev–Trinajstić information content (AvgIpc) is 2.96. The van der Waals surface area contributed by atoms with E-state index >= 15 is 0 Å². The van der Waals surface area contributed by atoms with Crippen LogP contribution in [-0.4, -0.2) is 23.8 Å². The van der Waals surface area contributed by atoms with Crippen LogP contribution in [0, 0.1) is 5.82 Å². The first kappa shape index (κ1) is 15.9. The van der Waals surface area contributed by atoms with E-state index in [0.717, 1.165) is 6.07 Å². The van der Waals surface area contributed by atoms with E-state index in [4.69, 9.17) is 16.0 Å². The number of hydrogen-bond acceptors (Lipinski definition) is 4. The number of carbonyl (C=O) groups is 1. The number of aliphatic hydroxyl groups excluding tert-OH is 1. The second kappa shape index (κ2) is 6.98. The molecule has 0 bridgehead atoms. The number of aliphatic hydroxyl groups is 1. The molecule has 0 saturated heterocycles. The van der Waals surface area contributed by atoms with Crippen molar-refractivity contribution in [1.82, 2.24) is 5.32 Å². The Morgan fingerprint density at radius 1 is 1.48 bits per heavy atom. The predicted octanol–water partition coefficient (Wildman–Crippen LogP) is 3.26. The van der Waals surface area contributed by atoms with Crippen LogP contribution in [0.15, 0.2) is 39.8 Å². The molecule has 1 heterocycles. The summed E-state index contributed by atoms with van der Waals surface area (Å²) in [6.45, 7) is -0.0603. The largest absolute Gasteiger partial charge is 0.445 e. The van der Waals surface area contributed by atoms with Crippen LogP contribution in [-0.2, 0) is 0 Å². The van der Waals surface area contributed by atoms with E-state index in [1.165, 1.54) is 23.9 Å². The molecule has 1 aromatic carbocycles. The third-order valence-electron chi connectivity index (χ3n) is 2.79. The number of rotatable bonds is 5. The quantitative estimate of drug-likeness (QED) is 0.827. The Labute approximate surface area is 130 Å². The second-order valence-electron chi connectivity index (χ2n) is 4.22. The molecule has 1 unspecified atom stereocenters. The first-order valence-electron chi connectivity index (χ1n) is 6.06. The highest BCUT2D eigenvalue weighted by atomic mass is 35.5. The fourth-order valence-corrected chi connectivity index (χ4v) is 2.16. The van der Waals surface area contributed by atoms with E-state index < -0.39 is 17.8 Å². The minimum absolute atomic E-state index is 0.0184. The summed E-state index contributed by atoms with van der Waals surface area (Å²) in [5.74, 6) is -0.896. The van der Waals surface area contributed by atoms with Crippen LogP contribution in [0.5, 0.6) is 0 Å². The van der Waals surface area contributed by atoms with Crippen molar-refractivity contribution in [3.8, 4) is 0 Å². The third-order valence-corrected chi connectivity index (χ3v) is 3.72. The lowest BCUT2D eigenvalue weighted by molar-refractivity contribution is 0.0884. The Kier molecular flexibility index (Phi) is 5.27. The lowest BCUT2D eigenvalue weighted by Gasteiger charge is -2.12. The Morgan fingerprint density at radius 2 is 2.24 bits per heavy atom. The lowest BCUT2D eigenvalue weighted by Crippen LogP contribution is -2.28. The van der Waals surface area contributed by atoms with Crippen LogP contribution in [0.25, 0.3) is 0 Å². The predicted molar refractivity (Wildman–Crippen MR) is 79.2 cm³/mol. The van der Waals surface area contributed by atoms with E-state index in [2.05, 4.69) is 5.32 Å². The number of nitrogens with one attached hydrogen (secondary N) is 1. The number of carbonyl (C=O) groups excluding carboxylic acids is 1. The van der Waals surface area contributed by atoms with E-state index in [1.807, 2.05) is 6.26 Å². The molecule has 2 aromatic rings. The molecule has 0 fully saturated rings. The maximum Gasteiger partial charge on any atom is 0.287 e. The minimum atomic E-state index is -1.03. The van der Waals surface area contributed by atoms with Crippen LogP contribution >= 0.6 is 23.4 Å². The zero-order valence-electron chi connectivity index (χ0n) is 11.1. The SMILES string of the molecule is CSc1ccc(C(=O)NCC(O)c2ccc(Cl)c(F)c2)o1. The van der Waals surface area contributed by atoms with Gasteiger partial charge in [-0.3, -0.25) is 4.79 Å². The van der Waals surface area contributed by atoms with Gasteiger partial charge < -0.3 is 14.8 Å². The van der Waals surface area contributed by atoms with E-state index in [-0.39, 0.29) is 17.3 Å². The second-order valence-corrected chi connectivity index (χ2v) is 5.44. The standard InChI is InChI=1S/C14H13ClFNO3S/c1-21-13-5-4-12(20-13)14(19)17-7-11(18)8-2-3-9(15)10(16)6-8/h2-6,11,18H,7H2,1H3,(H,17,19). The van der Waals surface area contributed by atoms with Crippen molar-refractivity contribution in [2.24, 2.45) is 0 Å². The molecule has 21 heavy (non-hydrogen) atoms. The van der Waals surface area contributed by atoms with Crippen molar-refractivity contribution in [1.29, 1.82) is 0 Å². The number of hydrogen-bond donors (Lipinski definition) is 2. The Balaban J connectivity index is 1.95. The fourth-order valence-electron chi connectivity index (χ4n) is 1.67. The highest BCUT2D eigenvalue weighted by Crippen LogP contribution is 2.20. The summed E-state index contributed by atoms with van der Waals surface area (Å²) >= 11 is 6.95. The van der Waals surface area contributed by atoms with Gasteiger partial charge in [0, 0.05) is 6.54 Å². The molecule has 1 atom stereocenters. The summed E-state index contributed by atoms with van der Waals surface area (Å²) in [4.78, 5) is 11.8. The molecule has 4 nitrogen and oxygen atoms in total. The van der Waals surface area contributed by atoms with Gasteiger partial charge in [-0.25, -0.2) is 4.39 Å². The highest BCUT2D eigenvalue weighted by molar-refractivity contribution is 7.98. The molecule has 7 heteroatoms. The monoisotopic (exact) mass is 329 g/mol. The first-order valence-corrected chi connectivity index (χ1v) is 7.66. The molecule has 1 aromatic heterocycles. The first-order chi connectivity index (χ1) is 10.0. The Hall–Kier alpha value is -1.50. The molecule has 1 amide bonds. The number of thioether (sulfide) groups is 1. The van der Waals surface area contributed by atoms with Gasteiger partial charge in [-0.05, 0) is 36.1 Å². The number of halogens is 2. The van der Waals surface area contributed by atoms with Gasteiger partial charge in [0.05, 0.1) is 11.1 Å². The van der Waals surface area contributed by atoms with Gasteiger partial charge >= 0.3 is 0 Å². The van der Waals surface area contributed by atoms with Gasteiger partial charge in [-0.15, -0.1) is 0 Å². The van der Waals surface area contributed by atoms with Gasteiger partial charge in [-0.2, -0.15) is 0 Å². The van der Waals surface area contributed by atoms with Gasteiger partial charge in [0.2, 0.25) is 0 Å². The van der Waals surface area contributed by atoms with Gasteiger partial charge in [0.25, 0.3) is 5.91 Å². The zero-order valence-corrected chi connectivity index (χ0v) is 12.7. The molecule has 0 aliphatic rings. The summed E-state index contributed by atoms with van der Waals surface area (Å²) in [6.07, 6.45) is 0.801. The highest BCUT2D eigenvalue weighted by Gasteiger charge is 2.15. The van der Waals surface area contributed by atoms with Crippen LogP contribution in [0.1, 0.15) is 22.2 Å². The van der Waals surface area contributed by atoms with Crippen molar-refractivity contribution in [2.75, 3.05) is 12.8 Å². The minimum Gasteiger partial charge on any atom is -0.445 e. The summed E-state index contributed by atoms with van der Waals surface area (Å²) in [5.41, 5.74) is 0.335. The summed E-state index contributed by atoms with van der Waals surface area (Å²) in [6, 6.07) is 7.23. The zero-order chi connectivity index (χ0) is 15.4. The summed E-state index contributed by atoms with van der Waals surface area (Å²) in [7, 11) is 0. The number of benzene rings is 1. The molecular formula is C14H13ClFNO3S. The van der Waals surface area contributed by atoms with Crippen molar-refractivity contribution in [3.63, 3.8) is 0 Å². The summed E-state index contributed by atoms with van der Waals surface area (Å²) in [5, 5.41) is 13.1. The van der Waals surface area contributed by atoms with Crippen molar-refractivity contribution < 1.29 is 18.7 Å². The van der Waals surface area contributed by atoms with Gasteiger partial charge in [-0.1, -0.05) is 29.4 Å². The van der Waals surface area contributed by atoms with Crippen LogP contribution < -0.4 is 5.32 Å². The molecule has 0 aliphatic heterocycles. The average molecular weight is 330 g/mol. The normalized spacial score (nSPS) is 12.2. The molecule has 0 spiro atoms. The Bertz CT molecular complexity index is 647. The topological polar surface area (TPSA) is 62.5 Å². The third kappa shape index (κ3) is 4.00. The van der Waals surface area contributed by atoms with Crippen molar-refractivity contribution in [3.05, 3.63) is 52.5 Å². The van der Waals surface area contributed by atoms with Crippen LogP contribution in [0.3, 0.4) is 0 Å². The van der Waals surface area contributed by atoms with Gasteiger partial charge in [0.15, 0.2) is 10.9 Å². The molecule has 0 aliphatic carbocycles. The van der Waals surface area contributed by atoms with Crippen LogP contribution in [0.2, 0.25) is 5.02 Å². The molecule has 0 radical (unpaired) electrons. The number of furan rings is 1. The smallest absolute Gasteiger partial charge is 0.287 e. The molecule has 2 rings (SSSR count).